The summed E-state index contributed by atoms with van der Waals surface area (Å²) < 4.78 is 18.7. The van der Waals surface area contributed by atoms with Crippen molar-refractivity contribution >= 4 is 21.9 Å². The topological polar surface area (TPSA) is 63.3 Å². The van der Waals surface area contributed by atoms with Gasteiger partial charge in [-0.3, -0.25) is 0 Å². The minimum atomic E-state index is -1.10. The lowest BCUT2D eigenvalue weighted by atomic mass is 10.0. The van der Waals surface area contributed by atoms with E-state index < -0.39 is 11.8 Å². The van der Waals surface area contributed by atoms with E-state index in [2.05, 4.69) is 21.1 Å². The van der Waals surface area contributed by atoms with Crippen LogP contribution in [0.2, 0.25) is 0 Å². The molecule has 0 aliphatic rings. The first-order valence-corrected chi connectivity index (χ1v) is 6.86. The molecule has 0 bridgehead atoms. The molecule has 106 valence electrons. The van der Waals surface area contributed by atoms with Crippen LogP contribution in [-0.4, -0.2) is 16.2 Å². The Morgan fingerprint density at radius 3 is 2.75 bits per heavy atom. The van der Waals surface area contributed by atoms with E-state index in [9.17, 15) is 14.3 Å². The summed E-state index contributed by atoms with van der Waals surface area (Å²) in [6.45, 7) is 3.92. The molecule has 4 nitrogen and oxygen atoms in total. The Kier molecular flexibility index (Phi) is 4.23. The summed E-state index contributed by atoms with van der Waals surface area (Å²) in [4.78, 5) is 11.4. The van der Waals surface area contributed by atoms with Crippen molar-refractivity contribution in [1.82, 2.24) is 5.16 Å². The molecule has 1 N–H and O–H groups in total. The van der Waals surface area contributed by atoms with Gasteiger partial charge in [-0.2, -0.15) is 0 Å². The molecule has 0 amide bonds. The van der Waals surface area contributed by atoms with Crippen molar-refractivity contribution in [3.8, 4) is 11.3 Å². The van der Waals surface area contributed by atoms with Crippen molar-refractivity contribution in [2.45, 2.75) is 20.3 Å². The van der Waals surface area contributed by atoms with E-state index in [0.717, 1.165) is 0 Å². The molecule has 20 heavy (non-hydrogen) atoms. The van der Waals surface area contributed by atoms with E-state index in [1.165, 1.54) is 18.2 Å². The maximum Gasteiger partial charge on any atom is 0.341 e. The predicted molar refractivity (Wildman–Crippen MR) is 75.1 cm³/mol. The van der Waals surface area contributed by atoms with Gasteiger partial charge in [-0.15, -0.1) is 0 Å². The average molecular weight is 342 g/mol. The lowest BCUT2D eigenvalue weighted by molar-refractivity contribution is 0.0695. The number of nitrogens with zero attached hydrogens (tertiary/aromatic N) is 1. The van der Waals surface area contributed by atoms with Crippen LogP contribution in [0.5, 0.6) is 0 Å². The number of benzene rings is 1. The third kappa shape index (κ3) is 2.90. The molecule has 0 fully saturated rings. The van der Waals surface area contributed by atoms with Crippen molar-refractivity contribution in [2.24, 2.45) is 5.92 Å². The van der Waals surface area contributed by atoms with E-state index in [0.29, 0.717) is 22.2 Å². The first-order chi connectivity index (χ1) is 9.40. The Balaban J connectivity index is 2.56. The van der Waals surface area contributed by atoms with Crippen molar-refractivity contribution in [2.75, 3.05) is 0 Å². The molecule has 0 saturated carbocycles. The van der Waals surface area contributed by atoms with Crippen LogP contribution in [-0.2, 0) is 6.42 Å². The largest absolute Gasteiger partial charge is 0.477 e. The first kappa shape index (κ1) is 14.7. The van der Waals surface area contributed by atoms with Gasteiger partial charge in [0.15, 0.2) is 5.76 Å². The fraction of sp³-hybridized carbons (Fsp3) is 0.286. The fourth-order valence-corrected chi connectivity index (χ4v) is 2.46. The van der Waals surface area contributed by atoms with E-state index in [1.807, 2.05) is 13.8 Å². The Labute approximate surface area is 123 Å². The highest BCUT2D eigenvalue weighted by Gasteiger charge is 2.25. The average Bonchev–Trinajstić information content (AvgIpc) is 2.71. The molecular weight excluding hydrogens is 329 g/mol. The Bertz CT molecular complexity index is 652. The molecular formula is C14H13BrFNO3. The highest BCUT2D eigenvalue weighted by Crippen LogP contribution is 2.32. The second-order valence-electron chi connectivity index (χ2n) is 4.86. The highest BCUT2D eigenvalue weighted by molar-refractivity contribution is 9.10. The highest BCUT2D eigenvalue weighted by atomic mass is 79.9. The number of carboxylic acids is 1. The fourth-order valence-electron chi connectivity index (χ4n) is 1.92. The van der Waals surface area contributed by atoms with Gasteiger partial charge in [0.25, 0.3) is 0 Å². The van der Waals surface area contributed by atoms with Crippen LogP contribution < -0.4 is 0 Å². The molecule has 1 aromatic carbocycles. The van der Waals surface area contributed by atoms with Crippen LogP contribution in [0.1, 0.15) is 30.0 Å². The third-order valence-electron chi connectivity index (χ3n) is 2.76. The molecule has 0 aliphatic carbocycles. The second-order valence-corrected chi connectivity index (χ2v) is 5.71. The smallest absolute Gasteiger partial charge is 0.341 e. The Hall–Kier alpha value is -1.69. The second kappa shape index (κ2) is 5.75. The zero-order chi connectivity index (χ0) is 14.9. The molecule has 6 heteroatoms. The van der Waals surface area contributed by atoms with Crippen LogP contribution in [0.15, 0.2) is 27.2 Å². The summed E-state index contributed by atoms with van der Waals surface area (Å²) in [5.41, 5.74) is 0.730. The van der Waals surface area contributed by atoms with E-state index in [-0.39, 0.29) is 17.2 Å². The molecule has 1 aromatic heterocycles. The lowest BCUT2D eigenvalue weighted by Crippen LogP contribution is -2.04. The zero-order valence-electron chi connectivity index (χ0n) is 11.0. The number of hydrogen-bond acceptors (Lipinski definition) is 3. The predicted octanol–water partition coefficient (Wildman–Crippen LogP) is 4.14. The molecule has 0 saturated heterocycles. The quantitative estimate of drug-likeness (QED) is 0.907. The summed E-state index contributed by atoms with van der Waals surface area (Å²) in [5.74, 6) is -0.944. The SMILES string of the molecule is CC(C)Cc1onc(-c2ccc(F)cc2Br)c1C(=O)O. The van der Waals surface area contributed by atoms with Gasteiger partial charge >= 0.3 is 5.97 Å². The summed E-state index contributed by atoms with van der Waals surface area (Å²) in [7, 11) is 0. The molecule has 0 atom stereocenters. The molecule has 0 radical (unpaired) electrons. The molecule has 2 rings (SSSR count). The van der Waals surface area contributed by atoms with Gasteiger partial charge in [0.2, 0.25) is 0 Å². The van der Waals surface area contributed by atoms with Gasteiger partial charge in [-0.25, -0.2) is 9.18 Å². The lowest BCUT2D eigenvalue weighted by Gasteiger charge is -2.04. The summed E-state index contributed by atoms with van der Waals surface area (Å²) in [6, 6.07) is 3.99. The van der Waals surface area contributed by atoms with Gasteiger partial charge in [0, 0.05) is 16.5 Å². The minimum absolute atomic E-state index is 0.0333. The van der Waals surface area contributed by atoms with Crippen molar-refractivity contribution in [3.63, 3.8) is 0 Å². The number of aromatic carboxylic acids is 1. The molecule has 0 unspecified atom stereocenters. The van der Waals surface area contributed by atoms with Gasteiger partial charge in [-0.05, 0) is 40.0 Å². The molecule has 0 aliphatic heterocycles. The molecule has 0 spiro atoms. The number of halogens is 2. The van der Waals surface area contributed by atoms with Crippen LogP contribution in [0.25, 0.3) is 11.3 Å². The zero-order valence-corrected chi connectivity index (χ0v) is 12.6. The number of hydrogen-bond donors (Lipinski definition) is 1. The standard InChI is InChI=1S/C14H13BrFNO3/c1-7(2)5-11-12(14(18)19)13(17-20-11)9-4-3-8(16)6-10(9)15/h3-4,6-7H,5H2,1-2H3,(H,18,19). The van der Waals surface area contributed by atoms with Crippen molar-refractivity contribution in [3.05, 3.63) is 39.8 Å². The molecule has 1 heterocycles. The normalized spacial score (nSPS) is 11.1. The maximum absolute atomic E-state index is 13.1. The first-order valence-electron chi connectivity index (χ1n) is 6.07. The summed E-state index contributed by atoms with van der Waals surface area (Å²) in [6.07, 6.45) is 0.480. The number of carboxylic acid groups (broad SMARTS) is 1. The Morgan fingerprint density at radius 1 is 1.50 bits per heavy atom. The van der Waals surface area contributed by atoms with Crippen LogP contribution in [0.4, 0.5) is 4.39 Å². The molecule has 2 aromatic rings. The summed E-state index contributed by atoms with van der Waals surface area (Å²) >= 11 is 3.21. The number of rotatable bonds is 4. The minimum Gasteiger partial charge on any atom is -0.477 e. The summed E-state index contributed by atoms with van der Waals surface area (Å²) in [5, 5.41) is 13.2. The van der Waals surface area contributed by atoms with E-state index in [4.69, 9.17) is 4.52 Å². The van der Waals surface area contributed by atoms with Crippen molar-refractivity contribution < 1.29 is 18.8 Å². The Morgan fingerprint density at radius 2 is 2.20 bits per heavy atom. The monoisotopic (exact) mass is 341 g/mol. The van der Waals surface area contributed by atoms with E-state index >= 15 is 0 Å². The van der Waals surface area contributed by atoms with Crippen LogP contribution in [0, 0.1) is 11.7 Å². The van der Waals surface area contributed by atoms with Crippen LogP contribution in [0.3, 0.4) is 0 Å². The number of carbonyl (C=O) groups is 1. The van der Waals surface area contributed by atoms with Crippen LogP contribution >= 0.6 is 15.9 Å². The van der Waals surface area contributed by atoms with Gasteiger partial charge in [-0.1, -0.05) is 19.0 Å². The van der Waals surface area contributed by atoms with Gasteiger partial charge < -0.3 is 9.63 Å². The van der Waals surface area contributed by atoms with Crippen molar-refractivity contribution in [1.29, 1.82) is 0 Å². The van der Waals surface area contributed by atoms with Gasteiger partial charge in [0.05, 0.1) is 0 Å². The number of aromatic nitrogens is 1. The van der Waals surface area contributed by atoms with Gasteiger partial charge in [0.1, 0.15) is 17.1 Å². The van der Waals surface area contributed by atoms with E-state index in [1.54, 1.807) is 0 Å². The maximum atomic E-state index is 13.1. The third-order valence-corrected chi connectivity index (χ3v) is 3.41.